The molecule has 1 aliphatic rings. The van der Waals surface area contributed by atoms with Crippen LogP contribution in [0, 0.1) is 0 Å². The number of hydrogen-bond donors (Lipinski definition) is 2. The Hall–Kier alpha value is -1.88. The summed E-state index contributed by atoms with van der Waals surface area (Å²) in [5, 5.41) is 6.10. The normalized spacial score (nSPS) is 14.3. The van der Waals surface area contributed by atoms with E-state index in [1.165, 1.54) is 31.3 Å². The first-order valence-corrected chi connectivity index (χ1v) is 7.94. The molecule has 120 valence electrons. The number of carbonyl (C=O) groups excluding carboxylic acids is 1. The Morgan fingerprint density at radius 2 is 2.27 bits per heavy atom. The van der Waals surface area contributed by atoms with Gasteiger partial charge in [0.2, 0.25) is 0 Å². The SMILES string of the molecule is COCCNC(=O)c1ccnc(NCCC2=CCCCC2)c1. The molecule has 0 atom stereocenters. The molecular formula is C17H25N3O2. The maximum Gasteiger partial charge on any atom is 0.251 e. The summed E-state index contributed by atoms with van der Waals surface area (Å²) in [7, 11) is 1.61. The van der Waals surface area contributed by atoms with Crippen LogP contribution in [0.1, 0.15) is 42.5 Å². The number of hydrogen-bond acceptors (Lipinski definition) is 4. The van der Waals surface area contributed by atoms with Gasteiger partial charge in [-0.25, -0.2) is 4.98 Å². The van der Waals surface area contributed by atoms with Gasteiger partial charge in [-0.3, -0.25) is 4.79 Å². The van der Waals surface area contributed by atoms with E-state index in [0.29, 0.717) is 18.7 Å². The van der Waals surface area contributed by atoms with Gasteiger partial charge in [-0.05, 0) is 44.2 Å². The van der Waals surface area contributed by atoms with Gasteiger partial charge in [0.05, 0.1) is 6.61 Å². The van der Waals surface area contributed by atoms with Crippen molar-refractivity contribution >= 4 is 11.7 Å². The topological polar surface area (TPSA) is 63.2 Å². The van der Waals surface area contributed by atoms with Gasteiger partial charge in [0.25, 0.3) is 5.91 Å². The van der Waals surface area contributed by atoms with Crippen LogP contribution in [0.5, 0.6) is 0 Å². The van der Waals surface area contributed by atoms with Crippen molar-refractivity contribution < 1.29 is 9.53 Å². The van der Waals surface area contributed by atoms with Crippen molar-refractivity contribution in [1.29, 1.82) is 0 Å². The first-order valence-electron chi connectivity index (χ1n) is 7.94. The number of rotatable bonds is 8. The molecule has 2 rings (SSSR count). The van der Waals surface area contributed by atoms with Crippen LogP contribution >= 0.6 is 0 Å². The van der Waals surface area contributed by atoms with Crippen LogP contribution in [0.3, 0.4) is 0 Å². The molecule has 0 spiro atoms. The highest BCUT2D eigenvalue weighted by Crippen LogP contribution is 2.20. The number of nitrogens with one attached hydrogen (secondary N) is 2. The highest BCUT2D eigenvalue weighted by molar-refractivity contribution is 5.94. The van der Waals surface area contributed by atoms with Crippen molar-refractivity contribution in [3.05, 3.63) is 35.5 Å². The van der Waals surface area contributed by atoms with Gasteiger partial charge in [-0.1, -0.05) is 11.6 Å². The summed E-state index contributed by atoms with van der Waals surface area (Å²) in [5.41, 5.74) is 2.15. The van der Waals surface area contributed by atoms with Crippen molar-refractivity contribution in [1.82, 2.24) is 10.3 Å². The van der Waals surface area contributed by atoms with Gasteiger partial charge < -0.3 is 15.4 Å². The molecule has 5 heteroatoms. The monoisotopic (exact) mass is 303 g/mol. The molecule has 0 unspecified atom stereocenters. The molecule has 0 radical (unpaired) electrons. The van der Waals surface area contributed by atoms with Crippen molar-refractivity contribution in [2.45, 2.75) is 32.1 Å². The zero-order chi connectivity index (χ0) is 15.6. The number of anilines is 1. The number of aromatic nitrogens is 1. The molecule has 0 aromatic carbocycles. The highest BCUT2D eigenvalue weighted by Gasteiger charge is 2.07. The van der Waals surface area contributed by atoms with E-state index < -0.39 is 0 Å². The highest BCUT2D eigenvalue weighted by atomic mass is 16.5. The Morgan fingerprint density at radius 3 is 3.05 bits per heavy atom. The van der Waals surface area contributed by atoms with Gasteiger partial charge in [-0.15, -0.1) is 0 Å². The standard InChI is InChI=1S/C17H25N3O2/c1-22-12-11-20-17(21)15-8-10-19-16(13-15)18-9-7-14-5-3-2-4-6-14/h5,8,10,13H,2-4,6-7,9,11-12H2,1H3,(H,18,19)(H,20,21). The molecule has 0 saturated carbocycles. The number of amides is 1. The lowest BCUT2D eigenvalue weighted by Gasteiger charge is -2.13. The first kappa shape index (κ1) is 16.5. The molecule has 1 aliphatic carbocycles. The molecule has 2 N–H and O–H groups in total. The second kappa shape index (κ2) is 9.20. The van der Waals surface area contributed by atoms with Gasteiger partial charge in [-0.2, -0.15) is 0 Å². The van der Waals surface area contributed by atoms with Gasteiger partial charge in [0.15, 0.2) is 0 Å². The Morgan fingerprint density at radius 1 is 1.36 bits per heavy atom. The van der Waals surface area contributed by atoms with E-state index in [1.54, 1.807) is 25.4 Å². The summed E-state index contributed by atoms with van der Waals surface area (Å²) >= 11 is 0. The van der Waals surface area contributed by atoms with Crippen molar-refractivity contribution in [2.24, 2.45) is 0 Å². The van der Waals surface area contributed by atoms with Crippen molar-refractivity contribution in [2.75, 3.05) is 32.1 Å². The van der Waals surface area contributed by atoms with Crippen LogP contribution in [0.4, 0.5) is 5.82 Å². The van der Waals surface area contributed by atoms with Crippen LogP contribution in [0.2, 0.25) is 0 Å². The maximum atomic E-state index is 12.0. The molecule has 0 fully saturated rings. The molecule has 22 heavy (non-hydrogen) atoms. The molecule has 0 saturated heterocycles. The van der Waals surface area contributed by atoms with E-state index >= 15 is 0 Å². The van der Waals surface area contributed by atoms with Gasteiger partial charge in [0.1, 0.15) is 5.82 Å². The molecule has 5 nitrogen and oxygen atoms in total. The number of pyridine rings is 1. The lowest BCUT2D eigenvalue weighted by atomic mass is 9.97. The predicted octanol–water partition coefficient (Wildman–Crippen LogP) is 2.76. The minimum Gasteiger partial charge on any atom is -0.383 e. The van der Waals surface area contributed by atoms with Gasteiger partial charge in [0, 0.05) is 32.0 Å². The Labute approximate surface area is 132 Å². The second-order valence-electron chi connectivity index (χ2n) is 5.46. The smallest absolute Gasteiger partial charge is 0.251 e. The summed E-state index contributed by atoms with van der Waals surface area (Å²) < 4.78 is 4.92. The summed E-state index contributed by atoms with van der Waals surface area (Å²) in [6, 6.07) is 3.51. The summed E-state index contributed by atoms with van der Waals surface area (Å²) in [5.74, 6) is 0.647. The van der Waals surface area contributed by atoms with Crippen LogP contribution in [-0.2, 0) is 4.74 Å². The van der Waals surface area contributed by atoms with Crippen molar-refractivity contribution in [3.63, 3.8) is 0 Å². The Bertz CT molecular complexity index is 514. The average Bonchev–Trinajstić information content (AvgIpc) is 2.56. The molecule has 0 aliphatic heterocycles. The van der Waals surface area contributed by atoms with Gasteiger partial charge >= 0.3 is 0 Å². The van der Waals surface area contributed by atoms with E-state index in [4.69, 9.17) is 4.74 Å². The lowest BCUT2D eigenvalue weighted by Crippen LogP contribution is -2.27. The van der Waals surface area contributed by atoms with E-state index in [9.17, 15) is 4.79 Å². The second-order valence-corrected chi connectivity index (χ2v) is 5.46. The van der Waals surface area contributed by atoms with E-state index in [1.807, 2.05) is 0 Å². The van der Waals surface area contributed by atoms with E-state index in [0.717, 1.165) is 18.8 Å². The third kappa shape index (κ3) is 5.48. The fraction of sp³-hybridized carbons (Fsp3) is 0.529. The zero-order valence-electron chi connectivity index (χ0n) is 13.2. The molecular weight excluding hydrogens is 278 g/mol. The largest absolute Gasteiger partial charge is 0.383 e. The van der Waals surface area contributed by atoms with Crippen LogP contribution in [0.15, 0.2) is 30.0 Å². The third-order valence-corrected chi connectivity index (χ3v) is 3.75. The number of methoxy groups -OCH3 is 1. The Balaban J connectivity index is 1.80. The molecule has 1 aromatic rings. The number of ether oxygens (including phenoxy) is 1. The Kier molecular flexibility index (Phi) is 6.90. The third-order valence-electron chi connectivity index (χ3n) is 3.75. The zero-order valence-corrected chi connectivity index (χ0v) is 13.2. The van der Waals surface area contributed by atoms with E-state index in [-0.39, 0.29) is 5.91 Å². The summed E-state index contributed by atoms with van der Waals surface area (Å²) in [6.07, 6.45) is 10.1. The number of nitrogens with zero attached hydrogens (tertiary/aromatic N) is 1. The summed E-state index contributed by atoms with van der Waals surface area (Å²) in [4.78, 5) is 16.2. The fourth-order valence-corrected chi connectivity index (χ4v) is 2.52. The fourth-order valence-electron chi connectivity index (χ4n) is 2.52. The molecule has 1 aromatic heterocycles. The predicted molar refractivity (Wildman–Crippen MR) is 88.1 cm³/mol. The van der Waals surface area contributed by atoms with Crippen LogP contribution in [-0.4, -0.2) is 37.7 Å². The summed E-state index contributed by atoms with van der Waals surface area (Å²) in [6.45, 7) is 1.87. The first-order chi connectivity index (χ1) is 10.8. The average molecular weight is 303 g/mol. The minimum absolute atomic E-state index is 0.0995. The van der Waals surface area contributed by atoms with E-state index in [2.05, 4.69) is 21.7 Å². The molecule has 1 heterocycles. The van der Waals surface area contributed by atoms with Crippen molar-refractivity contribution in [3.8, 4) is 0 Å². The maximum absolute atomic E-state index is 12.0. The molecule has 0 bridgehead atoms. The molecule has 1 amide bonds. The van der Waals surface area contributed by atoms with Crippen LogP contribution in [0.25, 0.3) is 0 Å². The number of carbonyl (C=O) groups is 1. The lowest BCUT2D eigenvalue weighted by molar-refractivity contribution is 0.0937. The number of allylic oxidation sites excluding steroid dienone is 1. The minimum atomic E-state index is -0.0995. The van der Waals surface area contributed by atoms with Crippen LogP contribution < -0.4 is 10.6 Å². The quantitative estimate of drug-likeness (QED) is 0.572.